The Hall–Kier alpha value is -2.10. The van der Waals surface area contributed by atoms with Gasteiger partial charge in [-0.1, -0.05) is 37.3 Å². The summed E-state index contributed by atoms with van der Waals surface area (Å²) in [7, 11) is 0. The SMILES string of the molecule is Cc1n[nH]c(C)c1CC(=O)N1CC(C)C1c1ccccc1. The number of nitrogens with one attached hydrogen (secondary N) is 1. The summed E-state index contributed by atoms with van der Waals surface area (Å²) < 4.78 is 0. The number of likely N-dealkylation sites (tertiary alicyclic amines) is 1. The number of H-pyrrole nitrogens is 1. The second-order valence-corrected chi connectivity index (χ2v) is 5.97. The van der Waals surface area contributed by atoms with Crippen LogP contribution in [0, 0.1) is 19.8 Å². The first-order valence-corrected chi connectivity index (χ1v) is 7.42. The summed E-state index contributed by atoms with van der Waals surface area (Å²) in [5, 5.41) is 7.12. The first-order valence-electron chi connectivity index (χ1n) is 7.42. The third kappa shape index (κ3) is 2.46. The molecule has 1 saturated heterocycles. The Kier molecular flexibility index (Phi) is 3.53. The van der Waals surface area contributed by atoms with Gasteiger partial charge in [0.25, 0.3) is 0 Å². The fourth-order valence-electron chi connectivity index (χ4n) is 3.20. The van der Waals surface area contributed by atoms with E-state index in [1.165, 1.54) is 5.56 Å². The highest BCUT2D eigenvalue weighted by atomic mass is 16.2. The van der Waals surface area contributed by atoms with Gasteiger partial charge in [0, 0.05) is 17.8 Å². The zero-order valence-corrected chi connectivity index (χ0v) is 12.8. The number of carbonyl (C=O) groups excluding carboxylic acids is 1. The molecule has 4 heteroatoms. The summed E-state index contributed by atoms with van der Waals surface area (Å²) in [4.78, 5) is 14.6. The van der Waals surface area contributed by atoms with Crippen molar-refractivity contribution in [2.45, 2.75) is 33.2 Å². The first kappa shape index (κ1) is 13.9. The van der Waals surface area contributed by atoms with Crippen molar-refractivity contribution in [2.24, 2.45) is 5.92 Å². The van der Waals surface area contributed by atoms with Crippen LogP contribution in [0.15, 0.2) is 30.3 Å². The van der Waals surface area contributed by atoms with Crippen molar-refractivity contribution in [3.8, 4) is 0 Å². The Bertz CT molecular complexity index is 628. The number of benzene rings is 1. The van der Waals surface area contributed by atoms with E-state index in [-0.39, 0.29) is 11.9 Å². The van der Waals surface area contributed by atoms with Crippen molar-refractivity contribution >= 4 is 5.91 Å². The van der Waals surface area contributed by atoms with Gasteiger partial charge in [-0.05, 0) is 25.3 Å². The van der Waals surface area contributed by atoms with E-state index in [1.54, 1.807) is 0 Å². The minimum Gasteiger partial charge on any atom is -0.335 e. The molecule has 1 aromatic heterocycles. The van der Waals surface area contributed by atoms with Crippen LogP contribution in [0.2, 0.25) is 0 Å². The van der Waals surface area contributed by atoms with Gasteiger partial charge in [-0.15, -0.1) is 0 Å². The van der Waals surface area contributed by atoms with Gasteiger partial charge < -0.3 is 4.90 Å². The monoisotopic (exact) mass is 283 g/mol. The molecule has 1 amide bonds. The molecule has 2 heterocycles. The zero-order valence-electron chi connectivity index (χ0n) is 12.8. The standard InChI is InChI=1S/C17H21N3O/c1-11-10-20(17(11)14-7-5-4-6-8-14)16(21)9-15-12(2)18-19-13(15)3/h4-8,11,17H,9-10H2,1-3H3,(H,18,19). The van der Waals surface area contributed by atoms with Crippen LogP contribution in [0.3, 0.4) is 0 Å². The molecule has 2 atom stereocenters. The van der Waals surface area contributed by atoms with Gasteiger partial charge in [-0.25, -0.2) is 0 Å². The maximum atomic E-state index is 12.6. The molecular formula is C17H21N3O. The molecule has 1 N–H and O–H groups in total. The van der Waals surface area contributed by atoms with Gasteiger partial charge in [0.15, 0.2) is 0 Å². The average molecular weight is 283 g/mol. The molecule has 3 rings (SSSR count). The van der Waals surface area contributed by atoms with Crippen molar-refractivity contribution in [1.29, 1.82) is 0 Å². The lowest BCUT2D eigenvalue weighted by Gasteiger charge is -2.47. The van der Waals surface area contributed by atoms with Crippen molar-refractivity contribution < 1.29 is 4.79 Å². The van der Waals surface area contributed by atoms with Gasteiger partial charge in [0.1, 0.15) is 0 Å². The molecule has 1 aliphatic rings. The van der Waals surface area contributed by atoms with Crippen LogP contribution in [0.25, 0.3) is 0 Å². The Balaban J connectivity index is 1.76. The van der Waals surface area contributed by atoms with Gasteiger partial charge in [0.2, 0.25) is 5.91 Å². The summed E-state index contributed by atoms with van der Waals surface area (Å²) in [6.45, 7) is 6.96. The van der Waals surface area contributed by atoms with E-state index in [0.717, 1.165) is 23.5 Å². The quantitative estimate of drug-likeness (QED) is 0.941. The number of amides is 1. The third-order valence-electron chi connectivity index (χ3n) is 4.43. The molecule has 0 spiro atoms. The second kappa shape index (κ2) is 5.35. The number of aryl methyl sites for hydroxylation is 2. The lowest BCUT2D eigenvalue weighted by atomic mass is 9.84. The van der Waals surface area contributed by atoms with Crippen LogP contribution < -0.4 is 0 Å². The van der Waals surface area contributed by atoms with E-state index in [4.69, 9.17) is 0 Å². The number of rotatable bonds is 3. The molecule has 1 aromatic carbocycles. The Morgan fingerprint density at radius 1 is 1.33 bits per heavy atom. The largest absolute Gasteiger partial charge is 0.335 e. The topological polar surface area (TPSA) is 49.0 Å². The van der Waals surface area contributed by atoms with Gasteiger partial charge >= 0.3 is 0 Å². The normalized spacial score (nSPS) is 21.2. The fourth-order valence-corrected chi connectivity index (χ4v) is 3.20. The highest BCUT2D eigenvalue weighted by Crippen LogP contribution is 2.38. The van der Waals surface area contributed by atoms with Crippen LogP contribution in [0.4, 0.5) is 0 Å². The Labute approximate surface area is 125 Å². The van der Waals surface area contributed by atoms with Crippen molar-refractivity contribution in [3.63, 3.8) is 0 Å². The van der Waals surface area contributed by atoms with Crippen molar-refractivity contribution in [1.82, 2.24) is 15.1 Å². The summed E-state index contributed by atoms with van der Waals surface area (Å²) >= 11 is 0. The molecule has 2 aromatic rings. The predicted molar refractivity (Wildman–Crippen MR) is 81.8 cm³/mol. The van der Waals surface area contributed by atoms with Crippen LogP contribution in [-0.4, -0.2) is 27.5 Å². The van der Waals surface area contributed by atoms with Gasteiger partial charge in [-0.2, -0.15) is 5.10 Å². The van der Waals surface area contributed by atoms with Gasteiger partial charge in [-0.3, -0.25) is 9.89 Å². The molecule has 0 aliphatic carbocycles. The highest BCUT2D eigenvalue weighted by molar-refractivity contribution is 5.80. The molecule has 21 heavy (non-hydrogen) atoms. The van der Waals surface area contributed by atoms with E-state index < -0.39 is 0 Å². The second-order valence-electron chi connectivity index (χ2n) is 5.97. The van der Waals surface area contributed by atoms with Crippen molar-refractivity contribution in [2.75, 3.05) is 6.54 Å². The Morgan fingerprint density at radius 2 is 2.05 bits per heavy atom. The molecule has 0 saturated carbocycles. The number of carbonyl (C=O) groups is 1. The maximum absolute atomic E-state index is 12.6. The van der Waals surface area contributed by atoms with E-state index in [0.29, 0.717) is 12.3 Å². The molecular weight excluding hydrogens is 262 g/mol. The summed E-state index contributed by atoms with van der Waals surface area (Å²) in [6, 6.07) is 10.5. The van der Waals surface area contributed by atoms with Gasteiger partial charge in [0.05, 0.1) is 18.2 Å². The molecule has 2 unspecified atom stereocenters. The summed E-state index contributed by atoms with van der Waals surface area (Å²) in [5.74, 6) is 0.706. The minimum atomic E-state index is 0.189. The summed E-state index contributed by atoms with van der Waals surface area (Å²) in [5.41, 5.74) is 4.17. The number of nitrogens with zero attached hydrogens (tertiary/aromatic N) is 2. The third-order valence-corrected chi connectivity index (χ3v) is 4.43. The predicted octanol–water partition coefficient (Wildman–Crippen LogP) is 2.79. The zero-order chi connectivity index (χ0) is 15.0. The molecule has 4 nitrogen and oxygen atoms in total. The lowest BCUT2D eigenvalue weighted by Crippen LogP contribution is -2.52. The smallest absolute Gasteiger partial charge is 0.227 e. The average Bonchev–Trinajstić information content (AvgIpc) is 2.77. The van der Waals surface area contributed by atoms with E-state index in [9.17, 15) is 4.79 Å². The number of aromatic nitrogens is 2. The lowest BCUT2D eigenvalue weighted by molar-refractivity contribution is -0.142. The first-order chi connectivity index (χ1) is 10.1. The van der Waals surface area contributed by atoms with Crippen LogP contribution in [0.5, 0.6) is 0 Å². The van der Waals surface area contributed by atoms with Crippen LogP contribution in [-0.2, 0) is 11.2 Å². The molecule has 110 valence electrons. The van der Waals surface area contributed by atoms with Crippen molar-refractivity contribution in [3.05, 3.63) is 52.8 Å². The summed E-state index contributed by atoms with van der Waals surface area (Å²) in [6.07, 6.45) is 0.435. The number of hydrogen-bond acceptors (Lipinski definition) is 2. The van der Waals surface area contributed by atoms with Crippen LogP contribution >= 0.6 is 0 Å². The molecule has 1 fully saturated rings. The fraction of sp³-hybridized carbons (Fsp3) is 0.412. The van der Waals surface area contributed by atoms with E-state index >= 15 is 0 Å². The number of hydrogen-bond donors (Lipinski definition) is 1. The van der Waals surface area contributed by atoms with Crippen LogP contribution in [0.1, 0.15) is 35.5 Å². The minimum absolute atomic E-state index is 0.189. The van der Waals surface area contributed by atoms with E-state index in [2.05, 4.69) is 29.3 Å². The Morgan fingerprint density at radius 3 is 2.62 bits per heavy atom. The number of aromatic amines is 1. The molecule has 1 aliphatic heterocycles. The molecule has 0 bridgehead atoms. The van der Waals surface area contributed by atoms with E-state index in [1.807, 2.05) is 36.9 Å². The molecule has 0 radical (unpaired) electrons. The maximum Gasteiger partial charge on any atom is 0.227 e. The highest BCUT2D eigenvalue weighted by Gasteiger charge is 2.39.